The van der Waals surface area contributed by atoms with Crippen molar-refractivity contribution in [3.63, 3.8) is 0 Å². The number of hydrogen-bond donors (Lipinski definition) is 2. The molecule has 0 bridgehead atoms. The van der Waals surface area contributed by atoms with Crippen molar-refractivity contribution in [3.05, 3.63) is 70.8 Å². The summed E-state index contributed by atoms with van der Waals surface area (Å²) in [7, 11) is 0. The van der Waals surface area contributed by atoms with Crippen molar-refractivity contribution in [2.24, 2.45) is 5.73 Å². The third-order valence-electron chi connectivity index (χ3n) is 4.77. The molecule has 1 heterocycles. The van der Waals surface area contributed by atoms with Crippen LogP contribution in [0, 0.1) is 5.82 Å². The molecule has 152 valence electrons. The maximum atomic E-state index is 14.9. The third-order valence-corrected chi connectivity index (χ3v) is 4.77. The van der Waals surface area contributed by atoms with Crippen molar-refractivity contribution in [1.29, 1.82) is 0 Å². The van der Waals surface area contributed by atoms with E-state index in [2.05, 4.69) is 4.98 Å². The largest absolute Gasteiger partial charge is 0.478 e. The minimum Gasteiger partial charge on any atom is -0.478 e. The lowest BCUT2D eigenvalue weighted by atomic mass is 9.98. The van der Waals surface area contributed by atoms with Crippen molar-refractivity contribution in [2.75, 3.05) is 6.61 Å². The maximum Gasteiger partial charge on any atom is 0.336 e. The highest BCUT2D eigenvalue weighted by Crippen LogP contribution is 2.27. The average Bonchev–Trinajstić information content (AvgIpc) is 3.06. The normalized spacial score (nSPS) is 10.9. The molecule has 0 saturated heterocycles. The molecule has 3 N–H and O–H groups in total. The Morgan fingerprint density at radius 3 is 2.62 bits per heavy atom. The molecular formula is C22H24FN3O3. The van der Waals surface area contributed by atoms with E-state index in [9.17, 15) is 14.3 Å². The second-order valence-corrected chi connectivity index (χ2v) is 6.52. The Morgan fingerprint density at radius 1 is 1.24 bits per heavy atom. The first kappa shape index (κ1) is 20.5. The Morgan fingerprint density at radius 2 is 2.00 bits per heavy atom. The smallest absolute Gasteiger partial charge is 0.336 e. The lowest BCUT2D eigenvalue weighted by Gasteiger charge is -2.13. The van der Waals surface area contributed by atoms with Gasteiger partial charge in [-0.3, -0.25) is 4.57 Å². The number of aromatic carboxylic acids is 1. The molecule has 1 aromatic heterocycles. The number of aromatic nitrogens is 2. The summed E-state index contributed by atoms with van der Waals surface area (Å²) < 4.78 is 22.4. The molecule has 0 saturated carbocycles. The lowest BCUT2D eigenvalue weighted by Crippen LogP contribution is -2.12. The summed E-state index contributed by atoms with van der Waals surface area (Å²) in [5.41, 5.74) is 9.11. The highest BCUT2D eigenvalue weighted by molar-refractivity contribution is 5.96. The number of nitrogens with two attached hydrogens (primary N) is 1. The summed E-state index contributed by atoms with van der Waals surface area (Å²) in [5, 5.41) is 9.38. The number of rotatable bonds is 8. The fraction of sp³-hybridized carbons (Fsp3) is 0.273. The second-order valence-electron chi connectivity index (χ2n) is 6.52. The molecule has 0 aliphatic rings. The van der Waals surface area contributed by atoms with E-state index >= 15 is 0 Å². The Bertz CT molecular complexity index is 1030. The topological polar surface area (TPSA) is 90.4 Å². The molecule has 0 spiro atoms. The van der Waals surface area contributed by atoms with Gasteiger partial charge in [0.05, 0.1) is 30.1 Å². The predicted molar refractivity (Wildman–Crippen MR) is 109 cm³/mol. The summed E-state index contributed by atoms with van der Waals surface area (Å²) in [6, 6.07) is 11.7. The van der Waals surface area contributed by atoms with Gasteiger partial charge in [0.25, 0.3) is 6.01 Å². The Kier molecular flexibility index (Phi) is 6.29. The summed E-state index contributed by atoms with van der Waals surface area (Å²) in [4.78, 5) is 15.9. The van der Waals surface area contributed by atoms with Crippen molar-refractivity contribution in [1.82, 2.24) is 9.55 Å². The van der Waals surface area contributed by atoms with Crippen LogP contribution in [0.2, 0.25) is 0 Å². The van der Waals surface area contributed by atoms with Crippen LogP contribution in [-0.4, -0.2) is 27.2 Å². The fourth-order valence-electron chi connectivity index (χ4n) is 3.36. The van der Waals surface area contributed by atoms with Crippen LogP contribution in [0.3, 0.4) is 0 Å². The van der Waals surface area contributed by atoms with Crippen molar-refractivity contribution < 1.29 is 19.0 Å². The first-order valence-electron chi connectivity index (χ1n) is 9.52. The first-order chi connectivity index (χ1) is 14.0. The van der Waals surface area contributed by atoms with Gasteiger partial charge in [0.2, 0.25) is 0 Å². The van der Waals surface area contributed by atoms with Crippen LogP contribution in [-0.2, 0) is 19.5 Å². The zero-order valence-electron chi connectivity index (χ0n) is 16.5. The fourth-order valence-corrected chi connectivity index (χ4v) is 3.36. The van der Waals surface area contributed by atoms with E-state index in [-0.39, 0.29) is 18.7 Å². The Labute approximate surface area is 168 Å². The standard InChI is InChI=1S/C22H24FN3O3/c1-3-19-20(12-24)26(22(25-19)29-4-2)13-15-10-9-14(11-18(15)23)16-7-5-6-8-17(16)21(27)28/h5-11H,3-4,12-13,24H2,1-2H3,(H,27,28). The molecule has 6 nitrogen and oxygen atoms in total. The molecule has 29 heavy (non-hydrogen) atoms. The van der Waals surface area contributed by atoms with E-state index in [1.807, 2.05) is 13.8 Å². The number of hydrogen-bond acceptors (Lipinski definition) is 4. The molecule has 2 aromatic carbocycles. The quantitative estimate of drug-likeness (QED) is 0.602. The number of aryl methyl sites for hydroxylation is 1. The van der Waals surface area contributed by atoms with Crippen LogP contribution >= 0.6 is 0 Å². The SMILES string of the molecule is CCOc1nc(CC)c(CN)n1Cc1ccc(-c2ccccc2C(=O)O)cc1F. The van der Waals surface area contributed by atoms with Gasteiger partial charge < -0.3 is 15.6 Å². The highest BCUT2D eigenvalue weighted by atomic mass is 19.1. The van der Waals surface area contributed by atoms with Gasteiger partial charge >= 0.3 is 5.97 Å². The summed E-state index contributed by atoms with van der Waals surface area (Å²) in [6.45, 7) is 4.78. The van der Waals surface area contributed by atoms with Gasteiger partial charge in [-0.1, -0.05) is 37.3 Å². The van der Waals surface area contributed by atoms with Crippen LogP contribution in [0.5, 0.6) is 6.01 Å². The van der Waals surface area contributed by atoms with Crippen LogP contribution < -0.4 is 10.5 Å². The Hall–Kier alpha value is -3.19. The molecule has 3 aromatic rings. The molecule has 0 fully saturated rings. The van der Waals surface area contributed by atoms with Crippen LogP contribution in [0.4, 0.5) is 4.39 Å². The molecule has 3 rings (SSSR count). The minimum absolute atomic E-state index is 0.130. The van der Waals surface area contributed by atoms with E-state index < -0.39 is 11.8 Å². The number of nitrogens with zero attached hydrogens (tertiary/aromatic N) is 2. The molecule has 0 unspecified atom stereocenters. The number of halogens is 1. The van der Waals surface area contributed by atoms with Gasteiger partial charge in [-0.2, -0.15) is 4.98 Å². The van der Waals surface area contributed by atoms with Crippen LogP contribution in [0.15, 0.2) is 42.5 Å². The zero-order valence-corrected chi connectivity index (χ0v) is 16.5. The van der Waals surface area contributed by atoms with E-state index in [1.165, 1.54) is 12.1 Å². The molecular weight excluding hydrogens is 373 g/mol. The van der Waals surface area contributed by atoms with Gasteiger partial charge in [0.1, 0.15) is 5.82 Å². The number of carboxylic acid groups (broad SMARTS) is 1. The first-order valence-corrected chi connectivity index (χ1v) is 9.52. The maximum absolute atomic E-state index is 14.9. The number of carboxylic acids is 1. The van der Waals surface area contributed by atoms with E-state index in [1.54, 1.807) is 34.9 Å². The zero-order chi connectivity index (χ0) is 21.0. The minimum atomic E-state index is -1.05. The van der Waals surface area contributed by atoms with Gasteiger partial charge in [-0.15, -0.1) is 0 Å². The highest BCUT2D eigenvalue weighted by Gasteiger charge is 2.18. The van der Waals surface area contributed by atoms with Gasteiger partial charge in [-0.05, 0) is 36.6 Å². The number of benzene rings is 2. The van der Waals surface area contributed by atoms with E-state index in [4.69, 9.17) is 10.5 Å². The van der Waals surface area contributed by atoms with Crippen LogP contribution in [0.1, 0.15) is 41.2 Å². The lowest BCUT2D eigenvalue weighted by molar-refractivity contribution is 0.0697. The van der Waals surface area contributed by atoms with Gasteiger partial charge in [-0.25, -0.2) is 9.18 Å². The Balaban J connectivity index is 1.99. The molecule has 0 atom stereocenters. The van der Waals surface area contributed by atoms with Gasteiger partial charge in [0.15, 0.2) is 0 Å². The molecule has 7 heteroatoms. The number of ether oxygens (including phenoxy) is 1. The van der Waals surface area contributed by atoms with Gasteiger partial charge in [0, 0.05) is 12.1 Å². The summed E-state index contributed by atoms with van der Waals surface area (Å²) in [6.07, 6.45) is 0.701. The molecule has 0 radical (unpaired) electrons. The summed E-state index contributed by atoms with van der Waals surface area (Å²) in [5.74, 6) is -1.48. The van der Waals surface area contributed by atoms with Crippen molar-refractivity contribution >= 4 is 5.97 Å². The molecule has 0 aliphatic carbocycles. The van der Waals surface area contributed by atoms with E-state index in [0.29, 0.717) is 35.7 Å². The van der Waals surface area contributed by atoms with Crippen molar-refractivity contribution in [3.8, 4) is 17.1 Å². The molecule has 0 aliphatic heterocycles. The third kappa shape index (κ3) is 4.14. The average molecular weight is 397 g/mol. The predicted octanol–water partition coefficient (Wildman–Crippen LogP) is 3.86. The van der Waals surface area contributed by atoms with E-state index in [0.717, 1.165) is 11.4 Å². The number of imidazole rings is 1. The monoisotopic (exact) mass is 397 g/mol. The molecule has 0 amide bonds. The number of carbonyl (C=O) groups is 1. The second kappa shape index (κ2) is 8.87. The summed E-state index contributed by atoms with van der Waals surface area (Å²) >= 11 is 0. The van der Waals surface area contributed by atoms with Crippen LogP contribution in [0.25, 0.3) is 11.1 Å². The van der Waals surface area contributed by atoms with Crippen molar-refractivity contribution in [2.45, 2.75) is 33.4 Å².